The Morgan fingerprint density at radius 3 is 2.95 bits per heavy atom. The topological polar surface area (TPSA) is 59.2 Å². The molecule has 2 N–H and O–H groups in total. The van der Waals surface area contributed by atoms with Gasteiger partial charge in [-0.05, 0) is 42.2 Å². The van der Waals surface area contributed by atoms with Crippen LogP contribution in [0.2, 0.25) is 0 Å². The number of nitrogens with zero attached hydrogens (tertiary/aromatic N) is 2. The van der Waals surface area contributed by atoms with Gasteiger partial charge in [0.2, 0.25) is 5.91 Å². The number of pyridine rings is 1. The number of aryl methyl sites for hydroxylation is 1. The van der Waals surface area contributed by atoms with Gasteiger partial charge in [-0.1, -0.05) is 18.2 Å². The van der Waals surface area contributed by atoms with Gasteiger partial charge in [-0.2, -0.15) is 0 Å². The number of hydrogen-bond acceptors (Lipinski definition) is 3. The fourth-order valence-corrected chi connectivity index (χ4v) is 2.79. The van der Waals surface area contributed by atoms with Gasteiger partial charge < -0.3 is 10.6 Å². The van der Waals surface area contributed by atoms with Crippen LogP contribution in [0.3, 0.4) is 0 Å². The molecule has 0 aliphatic carbocycles. The highest BCUT2D eigenvalue weighted by molar-refractivity contribution is 5.77. The van der Waals surface area contributed by atoms with E-state index in [-0.39, 0.29) is 5.91 Å². The molecule has 2 aromatic rings. The van der Waals surface area contributed by atoms with Gasteiger partial charge >= 0.3 is 0 Å². The number of rotatable bonds is 3. The van der Waals surface area contributed by atoms with Crippen LogP contribution >= 0.6 is 0 Å². The van der Waals surface area contributed by atoms with Crippen LogP contribution in [0.5, 0.6) is 0 Å². The third-order valence-electron chi connectivity index (χ3n) is 3.98. The van der Waals surface area contributed by atoms with Crippen LogP contribution in [0.4, 0.5) is 5.69 Å². The zero-order valence-electron chi connectivity index (χ0n) is 12.0. The Bertz CT molecular complexity index is 640. The van der Waals surface area contributed by atoms with Gasteiger partial charge in [0.1, 0.15) is 0 Å². The lowest BCUT2D eigenvalue weighted by molar-refractivity contribution is -0.132. The third kappa shape index (κ3) is 3.05. The van der Waals surface area contributed by atoms with E-state index >= 15 is 0 Å². The predicted molar refractivity (Wildman–Crippen MR) is 82.5 cm³/mol. The molecule has 0 spiro atoms. The predicted octanol–water partition coefficient (Wildman–Crippen LogP) is 2.18. The van der Waals surface area contributed by atoms with Crippen LogP contribution < -0.4 is 5.73 Å². The van der Waals surface area contributed by atoms with Crippen molar-refractivity contribution in [1.82, 2.24) is 9.88 Å². The van der Waals surface area contributed by atoms with Crippen LogP contribution in [-0.2, 0) is 24.2 Å². The highest BCUT2D eigenvalue weighted by atomic mass is 16.2. The Labute approximate surface area is 124 Å². The zero-order chi connectivity index (χ0) is 14.7. The minimum absolute atomic E-state index is 0.189. The molecule has 0 bridgehead atoms. The first kappa shape index (κ1) is 13.6. The van der Waals surface area contributed by atoms with E-state index in [4.69, 9.17) is 5.73 Å². The highest BCUT2D eigenvalue weighted by Crippen LogP contribution is 2.24. The lowest BCUT2D eigenvalue weighted by Gasteiger charge is -2.29. The SMILES string of the molecule is Nc1cccc2c1CCN(C(=O)CCc1ccccn1)C2. The molecule has 4 nitrogen and oxygen atoms in total. The summed E-state index contributed by atoms with van der Waals surface area (Å²) in [5.74, 6) is 0.189. The van der Waals surface area contributed by atoms with Crippen molar-refractivity contribution in [1.29, 1.82) is 0 Å². The van der Waals surface area contributed by atoms with Crippen molar-refractivity contribution in [3.63, 3.8) is 0 Å². The number of nitrogen functional groups attached to an aromatic ring is 1. The molecule has 108 valence electrons. The molecule has 1 aromatic heterocycles. The smallest absolute Gasteiger partial charge is 0.223 e. The summed E-state index contributed by atoms with van der Waals surface area (Å²) in [7, 11) is 0. The Morgan fingerprint density at radius 2 is 2.14 bits per heavy atom. The number of fused-ring (bicyclic) bond motifs is 1. The van der Waals surface area contributed by atoms with Gasteiger partial charge in [-0.3, -0.25) is 9.78 Å². The lowest BCUT2D eigenvalue weighted by Crippen LogP contribution is -2.36. The van der Waals surface area contributed by atoms with Gasteiger partial charge in [-0.15, -0.1) is 0 Å². The molecule has 1 aromatic carbocycles. The van der Waals surface area contributed by atoms with Gasteiger partial charge in [0.05, 0.1) is 0 Å². The summed E-state index contributed by atoms with van der Waals surface area (Å²) in [6, 6.07) is 11.7. The number of amides is 1. The molecule has 4 heteroatoms. The quantitative estimate of drug-likeness (QED) is 0.877. The summed E-state index contributed by atoms with van der Waals surface area (Å²) in [6.07, 6.45) is 3.81. The maximum absolute atomic E-state index is 12.3. The molecule has 0 radical (unpaired) electrons. The number of aromatic nitrogens is 1. The lowest BCUT2D eigenvalue weighted by atomic mass is 9.97. The van der Waals surface area contributed by atoms with E-state index in [0.29, 0.717) is 19.4 Å². The Balaban J connectivity index is 1.62. The molecule has 1 amide bonds. The molecule has 1 aliphatic heterocycles. The van der Waals surface area contributed by atoms with Crippen molar-refractivity contribution in [2.45, 2.75) is 25.8 Å². The molecule has 3 rings (SSSR count). The molecule has 0 fully saturated rings. The second-order valence-corrected chi connectivity index (χ2v) is 5.37. The molecule has 0 atom stereocenters. The monoisotopic (exact) mass is 281 g/mol. The second-order valence-electron chi connectivity index (χ2n) is 5.37. The van der Waals surface area contributed by atoms with Gasteiger partial charge in [-0.25, -0.2) is 0 Å². The van der Waals surface area contributed by atoms with E-state index < -0.39 is 0 Å². The Kier molecular flexibility index (Phi) is 3.86. The van der Waals surface area contributed by atoms with Gasteiger partial charge in [0, 0.05) is 37.1 Å². The first-order chi connectivity index (χ1) is 10.2. The van der Waals surface area contributed by atoms with E-state index in [0.717, 1.165) is 24.3 Å². The number of carbonyl (C=O) groups excluding carboxylic acids is 1. The summed E-state index contributed by atoms with van der Waals surface area (Å²) < 4.78 is 0. The first-order valence-electron chi connectivity index (χ1n) is 7.28. The van der Waals surface area contributed by atoms with Gasteiger partial charge in [0.15, 0.2) is 0 Å². The maximum atomic E-state index is 12.3. The van der Waals surface area contributed by atoms with Crippen LogP contribution in [0.15, 0.2) is 42.6 Å². The summed E-state index contributed by atoms with van der Waals surface area (Å²) in [6.45, 7) is 1.42. The molecule has 0 saturated heterocycles. The van der Waals surface area contributed by atoms with Crippen molar-refractivity contribution in [3.8, 4) is 0 Å². The molecule has 21 heavy (non-hydrogen) atoms. The van der Waals surface area contributed by atoms with Crippen LogP contribution in [-0.4, -0.2) is 22.3 Å². The van der Waals surface area contributed by atoms with Crippen molar-refractivity contribution >= 4 is 11.6 Å². The molecule has 1 aliphatic rings. The summed E-state index contributed by atoms with van der Waals surface area (Å²) >= 11 is 0. The van der Waals surface area contributed by atoms with E-state index in [2.05, 4.69) is 11.1 Å². The molecular formula is C17H19N3O. The fraction of sp³-hybridized carbons (Fsp3) is 0.294. The first-order valence-corrected chi connectivity index (χ1v) is 7.28. The van der Waals surface area contributed by atoms with E-state index in [1.807, 2.05) is 35.2 Å². The largest absolute Gasteiger partial charge is 0.398 e. The van der Waals surface area contributed by atoms with Crippen LogP contribution in [0.1, 0.15) is 23.2 Å². The van der Waals surface area contributed by atoms with E-state index in [1.165, 1.54) is 11.1 Å². The highest BCUT2D eigenvalue weighted by Gasteiger charge is 2.21. The Morgan fingerprint density at radius 1 is 1.24 bits per heavy atom. The summed E-state index contributed by atoms with van der Waals surface area (Å²) in [4.78, 5) is 18.5. The average molecular weight is 281 g/mol. The molecular weight excluding hydrogens is 262 g/mol. The number of anilines is 1. The maximum Gasteiger partial charge on any atom is 0.223 e. The standard InChI is InChI=1S/C17H19N3O/c18-16-6-3-4-13-12-20(11-9-15(13)16)17(21)8-7-14-5-1-2-10-19-14/h1-6,10H,7-9,11-12,18H2. The van der Waals surface area contributed by atoms with E-state index in [9.17, 15) is 4.79 Å². The normalized spacial score (nSPS) is 13.8. The van der Waals surface area contributed by atoms with Crippen LogP contribution in [0.25, 0.3) is 0 Å². The van der Waals surface area contributed by atoms with Gasteiger partial charge in [0.25, 0.3) is 0 Å². The van der Waals surface area contributed by atoms with Crippen molar-refractivity contribution in [3.05, 3.63) is 59.4 Å². The minimum atomic E-state index is 0.189. The molecule has 0 unspecified atom stereocenters. The number of nitrogens with two attached hydrogens (primary N) is 1. The van der Waals surface area contributed by atoms with Crippen LogP contribution in [0, 0.1) is 0 Å². The number of benzene rings is 1. The van der Waals surface area contributed by atoms with E-state index in [1.54, 1.807) is 6.20 Å². The summed E-state index contributed by atoms with van der Waals surface area (Å²) in [5.41, 5.74) is 10.2. The minimum Gasteiger partial charge on any atom is -0.398 e. The third-order valence-corrected chi connectivity index (χ3v) is 3.98. The molecule has 0 saturated carbocycles. The van der Waals surface area contributed by atoms with Crippen molar-refractivity contribution < 1.29 is 4.79 Å². The van der Waals surface area contributed by atoms with Crippen molar-refractivity contribution in [2.24, 2.45) is 0 Å². The fourth-order valence-electron chi connectivity index (χ4n) is 2.79. The number of carbonyl (C=O) groups is 1. The zero-order valence-corrected chi connectivity index (χ0v) is 12.0. The average Bonchev–Trinajstić information content (AvgIpc) is 2.53. The second kappa shape index (κ2) is 5.95. The number of hydrogen-bond donors (Lipinski definition) is 1. The summed E-state index contributed by atoms with van der Waals surface area (Å²) in [5, 5.41) is 0. The van der Waals surface area contributed by atoms with Crippen molar-refractivity contribution in [2.75, 3.05) is 12.3 Å². The molecule has 2 heterocycles. The Hall–Kier alpha value is -2.36.